The number of likely N-dealkylation sites (tertiary alicyclic amines) is 1. The van der Waals surface area contributed by atoms with Gasteiger partial charge in [-0.3, -0.25) is 4.79 Å². The SMILES string of the molecule is CCCC(C)(N)C(=O)N1CCC(OCCO)CC1. The van der Waals surface area contributed by atoms with E-state index in [1.54, 1.807) is 0 Å². The summed E-state index contributed by atoms with van der Waals surface area (Å²) < 4.78 is 5.47. The van der Waals surface area contributed by atoms with Gasteiger partial charge in [0.2, 0.25) is 5.91 Å². The van der Waals surface area contributed by atoms with E-state index in [9.17, 15) is 4.79 Å². The molecule has 5 nitrogen and oxygen atoms in total. The minimum Gasteiger partial charge on any atom is -0.394 e. The first kappa shape index (κ1) is 15.4. The van der Waals surface area contributed by atoms with Gasteiger partial charge in [-0.15, -0.1) is 0 Å². The lowest BCUT2D eigenvalue weighted by Crippen LogP contribution is -2.55. The molecule has 18 heavy (non-hydrogen) atoms. The number of piperidine rings is 1. The molecule has 1 fully saturated rings. The summed E-state index contributed by atoms with van der Waals surface area (Å²) in [5.74, 6) is 0.0463. The van der Waals surface area contributed by atoms with Crippen molar-refractivity contribution < 1.29 is 14.6 Å². The lowest BCUT2D eigenvalue weighted by Gasteiger charge is -2.36. The van der Waals surface area contributed by atoms with Crippen LogP contribution in [-0.2, 0) is 9.53 Å². The van der Waals surface area contributed by atoms with Gasteiger partial charge >= 0.3 is 0 Å². The van der Waals surface area contributed by atoms with Crippen LogP contribution in [0.15, 0.2) is 0 Å². The zero-order valence-electron chi connectivity index (χ0n) is 11.5. The molecule has 3 N–H and O–H groups in total. The molecule has 0 bridgehead atoms. The fraction of sp³-hybridized carbons (Fsp3) is 0.923. The first-order valence-electron chi connectivity index (χ1n) is 6.82. The van der Waals surface area contributed by atoms with Gasteiger partial charge in [-0.05, 0) is 26.2 Å². The van der Waals surface area contributed by atoms with E-state index >= 15 is 0 Å². The molecule has 1 rings (SSSR count). The average molecular weight is 258 g/mol. The van der Waals surface area contributed by atoms with E-state index in [0.717, 1.165) is 19.3 Å². The summed E-state index contributed by atoms with van der Waals surface area (Å²) in [5.41, 5.74) is 5.32. The first-order chi connectivity index (χ1) is 8.51. The van der Waals surface area contributed by atoms with Crippen molar-refractivity contribution in [2.45, 2.75) is 51.2 Å². The van der Waals surface area contributed by atoms with Gasteiger partial charge in [-0.25, -0.2) is 0 Å². The highest BCUT2D eigenvalue weighted by atomic mass is 16.5. The Morgan fingerprint density at radius 1 is 1.50 bits per heavy atom. The van der Waals surface area contributed by atoms with Crippen molar-refractivity contribution in [3.05, 3.63) is 0 Å². The molecule has 0 aliphatic carbocycles. The van der Waals surface area contributed by atoms with Crippen LogP contribution in [0.3, 0.4) is 0 Å². The second-order valence-corrected chi connectivity index (χ2v) is 5.25. The van der Waals surface area contributed by atoms with Crippen LogP contribution >= 0.6 is 0 Å². The Bertz CT molecular complexity index is 261. The molecule has 106 valence electrons. The molecule has 0 radical (unpaired) electrons. The standard InChI is InChI=1S/C13H26N2O3/c1-3-6-13(2,14)12(17)15-7-4-11(5-8-15)18-10-9-16/h11,16H,3-10,14H2,1-2H3. The van der Waals surface area contributed by atoms with Crippen LogP contribution in [0.2, 0.25) is 0 Å². The third kappa shape index (κ3) is 4.23. The van der Waals surface area contributed by atoms with Crippen molar-refractivity contribution >= 4 is 5.91 Å². The monoisotopic (exact) mass is 258 g/mol. The number of carbonyl (C=O) groups is 1. The topological polar surface area (TPSA) is 75.8 Å². The second kappa shape index (κ2) is 7.07. The second-order valence-electron chi connectivity index (χ2n) is 5.25. The number of carbonyl (C=O) groups excluding carboxylic acids is 1. The van der Waals surface area contributed by atoms with Crippen molar-refractivity contribution in [3.63, 3.8) is 0 Å². The highest BCUT2D eigenvalue weighted by Gasteiger charge is 2.33. The fourth-order valence-corrected chi connectivity index (χ4v) is 2.43. The van der Waals surface area contributed by atoms with E-state index in [0.29, 0.717) is 26.1 Å². The van der Waals surface area contributed by atoms with E-state index in [2.05, 4.69) is 0 Å². The van der Waals surface area contributed by atoms with Crippen molar-refractivity contribution in [1.29, 1.82) is 0 Å². The van der Waals surface area contributed by atoms with Crippen LogP contribution in [0.1, 0.15) is 39.5 Å². The molecular formula is C13H26N2O3. The number of nitrogens with zero attached hydrogens (tertiary/aromatic N) is 1. The summed E-state index contributed by atoms with van der Waals surface area (Å²) in [6, 6.07) is 0. The van der Waals surface area contributed by atoms with Gasteiger partial charge in [0.1, 0.15) is 0 Å². The predicted octanol–water partition coefficient (Wildman–Crippen LogP) is 0.504. The highest BCUT2D eigenvalue weighted by molar-refractivity contribution is 5.85. The maximum absolute atomic E-state index is 12.3. The largest absolute Gasteiger partial charge is 0.394 e. The van der Waals surface area contributed by atoms with Crippen LogP contribution in [0.25, 0.3) is 0 Å². The molecule has 1 aliphatic rings. The van der Waals surface area contributed by atoms with E-state index in [-0.39, 0.29) is 18.6 Å². The number of ether oxygens (including phenoxy) is 1. The molecular weight excluding hydrogens is 232 g/mol. The Kier molecular flexibility index (Phi) is 6.05. The molecule has 1 unspecified atom stereocenters. The first-order valence-corrected chi connectivity index (χ1v) is 6.82. The lowest BCUT2D eigenvalue weighted by molar-refractivity contribution is -0.139. The predicted molar refractivity (Wildman–Crippen MR) is 70.1 cm³/mol. The third-order valence-electron chi connectivity index (χ3n) is 3.43. The van der Waals surface area contributed by atoms with E-state index in [4.69, 9.17) is 15.6 Å². The average Bonchev–Trinajstić information content (AvgIpc) is 2.36. The Labute approximate surface area is 109 Å². The molecule has 1 aliphatic heterocycles. The summed E-state index contributed by atoms with van der Waals surface area (Å²) >= 11 is 0. The summed E-state index contributed by atoms with van der Waals surface area (Å²) in [6.45, 7) is 5.68. The molecule has 5 heteroatoms. The van der Waals surface area contributed by atoms with Gasteiger partial charge in [0.25, 0.3) is 0 Å². The van der Waals surface area contributed by atoms with Crippen LogP contribution < -0.4 is 5.73 Å². The van der Waals surface area contributed by atoms with Gasteiger partial charge in [-0.1, -0.05) is 13.3 Å². The van der Waals surface area contributed by atoms with Gasteiger partial charge in [0.05, 0.1) is 24.9 Å². The number of amides is 1. The van der Waals surface area contributed by atoms with Crippen LogP contribution in [0, 0.1) is 0 Å². The summed E-state index contributed by atoms with van der Waals surface area (Å²) in [5, 5.41) is 8.70. The maximum atomic E-state index is 12.3. The van der Waals surface area contributed by atoms with Crippen molar-refractivity contribution in [3.8, 4) is 0 Å². The van der Waals surface area contributed by atoms with Gasteiger partial charge < -0.3 is 20.5 Å². The highest BCUT2D eigenvalue weighted by Crippen LogP contribution is 2.19. The Balaban J connectivity index is 2.40. The fourth-order valence-electron chi connectivity index (χ4n) is 2.43. The lowest BCUT2D eigenvalue weighted by atomic mass is 9.94. The number of nitrogens with two attached hydrogens (primary N) is 1. The van der Waals surface area contributed by atoms with Crippen LogP contribution in [0.5, 0.6) is 0 Å². The minimum absolute atomic E-state index is 0.0463. The summed E-state index contributed by atoms with van der Waals surface area (Å²) in [7, 11) is 0. The maximum Gasteiger partial charge on any atom is 0.242 e. The van der Waals surface area contributed by atoms with Gasteiger partial charge in [0.15, 0.2) is 0 Å². The summed E-state index contributed by atoms with van der Waals surface area (Å²) in [6.07, 6.45) is 3.44. The molecule has 1 atom stereocenters. The number of hydrogen-bond donors (Lipinski definition) is 2. The minimum atomic E-state index is -0.743. The van der Waals surface area contributed by atoms with E-state index in [1.807, 2.05) is 18.7 Å². The Morgan fingerprint density at radius 2 is 2.11 bits per heavy atom. The molecule has 0 spiro atoms. The van der Waals surface area contributed by atoms with Crippen LogP contribution in [0.4, 0.5) is 0 Å². The zero-order valence-corrected chi connectivity index (χ0v) is 11.5. The van der Waals surface area contributed by atoms with E-state index < -0.39 is 5.54 Å². The van der Waals surface area contributed by atoms with Crippen molar-refractivity contribution in [2.24, 2.45) is 5.73 Å². The van der Waals surface area contributed by atoms with Crippen LogP contribution in [-0.4, -0.2) is 53.9 Å². The van der Waals surface area contributed by atoms with Crippen molar-refractivity contribution in [2.75, 3.05) is 26.3 Å². The van der Waals surface area contributed by atoms with Crippen molar-refractivity contribution in [1.82, 2.24) is 4.90 Å². The molecule has 0 aromatic carbocycles. The van der Waals surface area contributed by atoms with Gasteiger partial charge in [-0.2, -0.15) is 0 Å². The molecule has 1 amide bonds. The summed E-state index contributed by atoms with van der Waals surface area (Å²) in [4.78, 5) is 14.1. The smallest absolute Gasteiger partial charge is 0.242 e. The number of aliphatic hydroxyl groups is 1. The molecule has 1 saturated heterocycles. The number of aliphatic hydroxyl groups excluding tert-OH is 1. The Hall–Kier alpha value is -0.650. The number of rotatable bonds is 6. The Morgan fingerprint density at radius 3 is 2.61 bits per heavy atom. The third-order valence-corrected chi connectivity index (χ3v) is 3.43. The molecule has 1 heterocycles. The quantitative estimate of drug-likeness (QED) is 0.727. The molecule has 0 aromatic heterocycles. The molecule has 0 aromatic rings. The van der Waals surface area contributed by atoms with E-state index in [1.165, 1.54) is 0 Å². The normalized spacial score (nSPS) is 20.8. The number of hydrogen-bond acceptors (Lipinski definition) is 4. The zero-order chi connectivity index (χ0) is 13.6. The van der Waals surface area contributed by atoms with Gasteiger partial charge in [0, 0.05) is 13.1 Å². The molecule has 0 saturated carbocycles.